The maximum atomic E-state index is 11.3. The molecule has 4 heteroatoms. The maximum Gasteiger partial charge on any atom is 0.220 e. The number of carbonyl (C=O) groups is 1. The highest BCUT2D eigenvalue weighted by molar-refractivity contribution is 5.75. The van der Waals surface area contributed by atoms with E-state index in [2.05, 4.69) is 22.1 Å². The molecule has 0 spiro atoms. The average molecular weight is 221 g/mol. The predicted octanol–water partition coefficient (Wildman–Crippen LogP) is 1.73. The Balaban J connectivity index is 2.10. The van der Waals surface area contributed by atoms with E-state index in [1.807, 2.05) is 13.1 Å². The Kier molecular flexibility index (Phi) is 5.32. The van der Waals surface area contributed by atoms with Crippen LogP contribution in [0.3, 0.4) is 0 Å². The molecule has 16 heavy (non-hydrogen) atoms. The summed E-state index contributed by atoms with van der Waals surface area (Å²) in [5.74, 6) is 0.101. The van der Waals surface area contributed by atoms with E-state index < -0.39 is 0 Å². The van der Waals surface area contributed by atoms with Gasteiger partial charge >= 0.3 is 0 Å². The van der Waals surface area contributed by atoms with Crippen molar-refractivity contribution in [3.05, 3.63) is 30.1 Å². The lowest BCUT2D eigenvalue weighted by Crippen LogP contribution is -2.24. The zero-order valence-corrected chi connectivity index (χ0v) is 9.75. The number of amides is 1. The van der Waals surface area contributed by atoms with Gasteiger partial charge in [-0.1, -0.05) is 6.08 Å². The number of aromatic amines is 1. The van der Waals surface area contributed by atoms with Gasteiger partial charge in [0.1, 0.15) is 0 Å². The molecule has 0 aliphatic carbocycles. The minimum Gasteiger partial charge on any atom is -0.356 e. The highest BCUT2D eigenvalue weighted by atomic mass is 16.1. The van der Waals surface area contributed by atoms with Crippen LogP contribution in [-0.4, -0.2) is 22.6 Å². The number of H-pyrrole nitrogens is 1. The SMILES string of the molecule is C=CCCC(=O)NCCCc1cn[nH]c1C. The molecule has 2 N–H and O–H groups in total. The zero-order valence-electron chi connectivity index (χ0n) is 9.75. The number of nitrogens with one attached hydrogen (secondary N) is 2. The van der Waals surface area contributed by atoms with E-state index >= 15 is 0 Å². The van der Waals surface area contributed by atoms with Crippen molar-refractivity contribution in [2.45, 2.75) is 32.6 Å². The number of rotatable bonds is 7. The second kappa shape index (κ2) is 6.82. The van der Waals surface area contributed by atoms with E-state index in [-0.39, 0.29) is 5.91 Å². The highest BCUT2D eigenvalue weighted by Crippen LogP contribution is 2.04. The summed E-state index contributed by atoms with van der Waals surface area (Å²) < 4.78 is 0. The second-order valence-corrected chi connectivity index (χ2v) is 3.80. The van der Waals surface area contributed by atoms with Crippen LogP contribution in [0.2, 0.25) is 0 Å². The van der Waals surface area contributed by atoms with Crippen LogP contribution in [0.25, 0.3) is 0 Å². The van der Waals surface area contributed by atoms with E-state index in [0.29, 0.717) is 6.42 Å². The average Bonchev–Trinajstić information content (AvgIpc) is 2.67. The fraction of sp³-hybridized carbons (Fsp3) is 0.500. The number of aromatic nitrogens is 2. The molecule has 88 valence electrons. The second-order valence-electron chi connectivity index (χ2n) is 3.80. The van der Waals surface area contributed by atoms with Crippen molar-refractivity contribution < 1.29 is 4.79 Å². The van der Waals surface area contributed by atoms with Crippen LogP contribution < -0.4 is 5.32 Å². The largest absolute Gasteiger partial charge is 0.356 e. The molecule has 1 aromatic heterocycles. The van der Waals surface area contributed by atoms with Crippen molar-refractivity contribution in [1.29, 1.82) is 0 Å². The van der Waals surface area contributed by atoms with E-state index in [1.165, 1.54) is 5.56 Å². The highest BCUT2D eigenvalue weighted by Gasteiger charge is 2.01. The lowest BCUT2D eigenvalue weighted by atomic mass is 10.1. The topological polar surface area (TPSA) is 57.8 Å². The summed E-state index contributed by atoms with van der Waals surface area (Å²) in [6, 6.07) is 0. The van der Waals surface area contributed by atoms with Crippen LogP contribution in [0.15, 0.2) is 18.9 Å². The first-order valence-electron chi connectivity index (χ1n) is 5.60. The summed E-state index contributed by atoms with van der Waals surface area (Å²) in [5.41, 5.74) is 2.33. The van der Waals surface area contributed by atoms with Gasteiger partial charge in [0, 0.05) is 18.7 Å². The smallest absolute Gasteiger partial charge is 0.220 e. The first kappa shape index (κ1) is 12.5. The number of carbonyl (C=O) groups excluding carboxylic acids is 1. The fourth-order valence-electron chi connectivity index (χ4n) is 1.46. The Morgan fingerprint density at radius 1 is 1.69 bits per heavy atom. The number of allylic oxidation sites excluding steroid dienone is 1. The molecule has 4 nitrogen and oxygen atoms in total. The molecule has 0 aliphatic heterocycles. The van der Waals surface area contributed by atoms with Gasteiger partial charge in [-0.3, -0.25) is 9.89 Å². The Bertz CT molecular complexity index is 344. The Labute approximate surface area is 96.1 Å². The van der Waals surface area contributed by atoms with Crippen molar-refractivity contribution >= 4 is 5.91 Å². The van der Waals surface area contributed by atoms with Gasteiger partial charge in [0.15, 0.2) is 0 Å². The predicted molar refractivity (Wildman–Crippen MR) is 64.1 cm³/mol. The third kappa shape index (κ3) is 4.29. The molecule has 1 heterocycles. The molecule has 0 saturated heterocycles. The van der Waals surface area contributed by atoms with E-state index in [1.54, 1.807) is 6.08 Å². The molecule has 1 rings (SSSR count). The molecular weight excluding hydrogens is 202 g/mol. The van der Waals surface area contributed by atoms with E-state index in [4.69, 9.17) is 0 Å². The summed E-state index contributed by atoms with van der Waals surface area (Å²) in [4.78, 5) is 11.3. The van der Waals surface area contributed by atoms with Crippen LogP contribution in [0.1, 0.15) is 30.5 Å². The lowest BCUT2D eigenvalue weighted by molar-refractivity contribution is -0.121. The fourth-order valence-corrected chi connectivity index (χ4v) is 1.46. The molecule has 0 aromatic carbocycles. The monoisotopic (exact) mass is 221 g/mol. The zero-order chi connectivity index (χ0) is 11.8. The van der Waals surface area contributed by atoms with Gasteiger partial charge in [-0.2, -0.15) is 5.10 Å². The first-order valence-corrected chi connectivity index (χ1v) is 5.60. The van der Waals surface area contributed by atoms with Crippen LogP contribution >= 0.6 is 0 Å². The normalized spacial score (nSPS) is 10.1. The molecule has 0 fully saturated rings. The van der Waals surface area contributed by atoms with Crippen LogP contribution in [0, 0.1) is 6.92 Å². The summed E-state index contributed by atoms with van der Waals surface area (Å²) in [6.07, 6.45) is 6.77. The van der Waals surface area contributed by atoms with Gasteiger partial charge in [-0.15, -0.1) is 6.58 Å². The van der Waals surface area contributed by atoms with Gasteiger partial charge < -0.3 is 5.32 Å². The van der Waals surface area contributed by atoms with Crippen molar-refractivity contribution in [2.75, 3.05) is 6.54 Å². The van der Waals surface area contributed by atoms with E-state index in [9.17, 15) is 4.79 Å². The van der Waals surface area contributed by atoms with Crippen LogP contribution in [0.5, 0.6) is 0 Å². The Morgan fingerprint density at radius 2 is 2.50 bits per heavy atom. The maximum absolute atomic E-state index is 11.3. The number of hydrogen-bond acceptors (Lipinski definition) is 2. The summed E-state index contributed by atoms with van der Waals surface area (Å²) in [7, 11) is 0. The summed E-state index contributed by atoms with van der Waals surface area (Å²) >= 11 is 0. The number of aryl methyl sites for hydroxylation is 2. The van der Waals surface area contributed by atoms with Gasteiger partial charge in [0.25, 0.3) is 0 Å². The number of nitrogens with zero attached hydrogens (tertiary/aromatic N) is 1. The molecule has 0 radical (unpaired) electrons. The van der Waals surface area contributed by atoms with Crippen molar-refractivity contribution in [3.63, 3.8) is 0 Å². The number of hydrogen-bond donors (Lipinski definition) is 2. The molecule has 0 unspecified atom stereocenters. The molecule has 0 atom stereocenters. The van der Waals surface area contributed by atoms with Crippen molar-refractivity contribution in [2.24, 2.45) is 0 Å². The molecule has 0 bridgehead atoms. The molecule has 0 aliphatic rings. The Hall–Kier alpha value is -1.58. The van der Waals surface area contributed by atoms with Gasteiger partial charge in [-0.05, 0) is 31.7 Å². The van der Waals surface area contributed by atoms with Crippen molar-refractivity contribution in [1.82, 2.24) is 15.5 Å². The quantitative estimate of drug-likeness (QED) is 0.544. The third-order valence-corrected chi connectivity index (χ3v) is 2.45. The van der Waals surface area contributed by atoms with Crippen molar-refractivity contribution in [3.8, 4) is 0 Å². The molecule has 1 aromatic rings. The van der Waals surface area contributed by atoms with E-state index in [0.717, 1.165) is 31.5 Å². The molecule has 0 saturated carbocycles. The van der Waals surface area contributed by atoms with Crippen LogP contribution in [0.4, 0.5) is 0 Å². The minimum atomic E-state index is 0.101. The van der Waals surface area contributed by atoms with Gasteiger partial charge in [-0.25, -0.2) is 0 Å². The van der Waals surface area contributed by atoms with Gasteiger partial charge in [0.2, 0.25) is 5.91 Å². The standard InChI is InChI=1S/C12H19N3O/c1-3-4-7-12(16)13-8-5-6-11-9-14-15-10(11)2/h3,9H,1,4-8H2,2H3,(H,13,16)(H,14,15). The minimum absolute atomic E-state index is 0.101. The van der Waals surface area contributed by atoms with Gasteiger partial charge in [0.05, 0.1) is 6.20 Å². The lowest BCUT2D eigenvalue weighted by Gasteiger charge is -2.03. The Morgan fingerprint density at radius 3 is 3.12 bits per heavy atom. The van der Waals surface area contributed by atoms with Crippen LogP contribution in [-0.2, 0) is 11.2 Å². The third-order valence-electron chi connectivity index (χ3n) is 2.45. The first-order chi connectivity index (χ1) is 7.74. The summed E-state index contributed by atoms with van der Waals surface area (Å²) in [6.45, 7) is 6.31. The summed E-state index contributed by atoms with van der Waals surface area (Å²) in [5, 5.41) is 9.73. The molecule has 1 amide bonds. The molecular formula is C12H19N3O.